The summed E-state index contributed by atoms with van der Waals surface area (Å²) in [5, 5.41) is 12.8. The van der Waals surface area contributed by atoms with Gasteiger partial charge in [0.1, 0.15) is 5.00 Å². The van der Waals surface area contributed by atoms with E-state index in [0.29, 0.717) is 22.0 Å². The third kappa shape index (κ3) is 4.87. The van der Waals surface area contributed by atoms with Gasteiger partial charge >= 0.3 is 5.97 Å². The Kier molecular flexibility index (Phi) is 6.69. The minimum atomic E-state index is -0.549. The van der Waals surface area contributed by atoms with E-state index in [1.807, 2.05) is 4.90 Å². The van der Waals surface area contributed by atoms with Crippen LogP contribution >= 0.6 is 11.3 Å². The minimum absolute atomic E-state index is 0.131. The van der Waals surface area contributed by atoms with Crippen LogP contribution in [-0.2, 0) is 9.53 Å². The Bertz CT molecular complexity index is 670. The smallest absolute Gasteiger partial charge is 0.341 e. The number of nitrogens with zero attached hydrogens (tertiary/aromatic N) is 1. The van der Waals surface area contributed by atoms with Crippen molar-refractivity contribution in [2.24, 2.45) is 0 Å². The number of likely N-dealkylation sites (tertiary alicyclic amines) is 1. The standard InChI is InChI=1S/C17H24N2O5S/c1-4-24-17(23)14-10(2)15(11(3)20)25-16(14)18-13(22)9-19-7-5-6-12(21)8-19/h12,21H,4-9H2,1-3H3,(H,18,22)/t12-/m0/s1. The Morgan fingerprint density at radius 2 is 2.12 bits per heavy atom. The Hall–Kier alpha value is -1.77. The molecule has 1 aliphatic heterocycles. The highest BCUT2D eigenvalue weighted by Crippen LogP contribution is 2.34. The lowest BCUT2D eigenvalue weighted by molar-refractivity contribution is -0.117. The molecular weight excluding hydrogens is 344 g/mol. The second-order valence-corrected chi connectivity index (χ2v) is 7.14. The molecule has 2 rings (SSSR count). The van der Waals surface area contributed by atoms with Crippen molar-refractivity contribution in [1.29, 1.82) is 0 Å². The number of ether oxygens (including phenoxy) is 1. The summed E-state index contributed by atoms with van der Waals surface area (Å²) in [6.45, 7) is 6.35. The van der Waals surface area contributed by atoms with Crippen LogP contribution in [0, 0.1) is 6.92 Å². The zero-order valence-electron chi connectivity index (χ0n) is 14.8. The number of β-amino-alcohol motifs (C(OH)–C–C–N with tert-alkyl or cyclic N) is 1. The predicted molar refractivity (Wildman–Crippen MR) is 95.3 cm³/mol. The highest BCUT2D eigenvalue weighted by molar-refractivity contribution is 7.18. The summed E-state index contributed by atoms with van der Waals surface area (Å²) in [5.74, 6) is -0.990. The van der Waals surface area contributed by atoms with Gasteiger partial charge in [0, 0.05) is 6.54 Å². The third-order valence-electron chi connectivity index (χ3n) is 4.05. The van der Waals surface area contributed by atoms with Crippen molar-refractivity contribution in [1.82, 2.24) is 4.90 Å². The molecule has 8 heteroatoms. The fourth-order valence-corrected chi connectivity index (χ4v) is 4.04. The van der Waals surface area contributed by atoms with Crippen LogP contribution in [0.3, 0.4) is 0 Å². The van der Waals surface area contributed by atoms with Crippen molar-refractivity contribution in [3.63, 3.8) is 0 Å². The van der Waals surface area contributed by atoms with E-state index >= 15 is 0 Å². The van der Waals surface area contributed by atoms with Gasteiger partial charge in [0.05, 0.1) is 29.7 Å². The second-order valence-electron chi connectivity index (χ2n) is 6.12. The van der Waals surface area contributed by atoms with Crippen LogP contribution < -0.4 is 5.32 Å². The average Bonchev–Trinajstić information content (AvgIpc) is 2.84. The Morgan fingerprint density at radius 3 is 2.72 bits per heavy atom. The van der Waals surface area contributed by atoms with Gasteiger partial charge < -0.3 is 15.2 Å². The average molecular weight is 368 g/mol. The van der Waals surface area contributed by atoms with E-state index in [1.54, 1.807) is 13.8 Å². The fraction of sp³-hybridized carbons (Fsp3) is 0.588. The number of rotatable bonds is 6. The first-order valence-corrected chi connectivity index (χ1v) is 9.16. The van der Waals surface area contributed by atoms with E-state index in [9.17, 15) is 19.5 Å². The predicted octanol–water partition coefficient (Wildman–Crippen LogP) is 1.83. The number of aliphatic hydroxyl groups excluding tert-OH is 1. The Labute approximate surface area is 151 Å². The maximum atomic E-state index is 12.3. The van der Waals surface area contributed by atoms with Crippen molar-refractivity contribution >= 4 is 34.0 Å². The number of aliphatic hydroxyl groups is 1. The molecule has 1 saturated heterocycles. The first-order valence-electron chi connectivity index (χ1n) is 8.35. The van der Waals surface area contributed by atoms with E-state index in [2.05, 4.69) is 5.32 Å². The molecular formula is C17H24N2O5S. The number of esters is 1. The minimum Gasteiger partial charge on any atom is -0.462 e. The molecule has 0 saturated carbocycles. The lowest BCUT2D eigenvalue weighted by Gasteiger charge is -2.29. The summed E-state index contributed by atoms with van der Waals surface area (Å²) >= 11 is 1.09. The number of nitrogens with one attached hydrogen (secondary N) is 1. The summed E-state index contributed by atoms with van der Waals surface area (Å²) < 4.78 is 5.05. The maximum absolute atomic E-state index is 12.3. The lowest BCUT2D eigenvalue weighted by atomic mass is 10.1. The molecule has 1 amide bonds. The lowest BCUT2D eigenvalue weighted by Crippen LogP contribution is -2.42. The molecule has 25 heavy (non-hydrogen) atoms. The van der Waals surface area contributed by atoms with Crippen LogP contribution in [0.1, 0.15) is 52.3 Å². The number of ketones is 1. The second kappa shape index (κ2) is 8.55. The topological polar surface area (TPSA) is 95.9 Å². The molecule has 1 aromatic rings. The zero-order chi connectivity index (χ0) is 18.6. The molecule has 0 aromatic carbocycles. The monoisotopic (exact) mass is 368 g/mol. The molecule has 0 bridgehead atoms. The van der Waals surface area contributed by atoms with Crippen LogP contribution in [0.25, 0.3) is 0 Å². The molecule has 1 aromatic heterocycles. The van der Waals surface area contributed by atoms with Gasteiger partial charge in [-0.1, -0.05) is 0 Å². The molecule has 1 fully saturated rings. The molecule has 0 spiro atoms. The van der Waals surface area contributed by atoms with Crippen LogP contribution in [-0.4, -0.2) is 60.0 Å². The molecule has 0 aliphatic carbocycles. The highest BCUT2D eigenvalue weighted by Gasteiger charge is 2.26. The molecule has 0 radical (unpaired) electrons. The van der Waals surface area contributed by atoms with Crippen LogP contribution in [0.2, 0.25) is 0 Å². The quantitative estimate of drug-likeness (QED) is 0.587. The number of carbonyl (C=O) groups excluding carboxylic acids is 3. The van der Waals surface area contributed by atoms with E-state index in [4.69, 9.17) is 4.74 Å². The fourth-order valence-electron chi connectivity index (χ4n) is 2.93. The van der Waals surface area contributed by atoms with Gasteiger partial charge in [0.15, 0.2) is 5.78 Å². The van der Waals surface area contributed by atoms with Crippen LogP contribution in [0.4, 0.5) is 5.00 Å². The number of thiophene rings is 1. The number of hydrogen-bond acceptors (Lipinski definition) is 7. The first kappa shape index (κ1) is 19.6. The third-order valence-corrected chi connectivity index (χ3v) is 5.35. The molecule has 138 valence electrons. The van der Waals surface area contributed by atoms with E-state index < -0.39 is 12.1 Å². The highest BCUT2D eigenvalue weighted by atomic mass is 32.1. The number of hydrogen-bond donors (Lipinski definition) is 2. The van der Waals surface area contributed by atoms with E-state index in [-0.39, 0.29) is 30.4 Å². The SMILES string of the molecule is CCOC(=O)c1c(NC(=O)CN2CCC[C@H](O)C2)sc(C(C)=O)c1C. The van der Waals surface area contributed by atoms with Gasteiger partial charge in [-0.3, -0.25) is 14.5 Å². The van der Waals surface area contributed by atoms with E-state index in [1.165, 1.54) is 6.92 Å². The molecule has 0 unspecified atom stereocenters. The van der Waals surface area contributed by atoms with Crippen LogP contribution in [0.5, 0.6) is 0 Å². The van der Waals surface area contributed by atoms with Crippen molar-refractivity contribution in [2.75, 3.05) is 31.6 Å². The largest absolute Gasteiger partial charge is 0.462 e. The number of anilines is 1. The Morgan fingerprint density at radius 1 is 1.40 bits per heavy atom. The summed E-state index contributed by atoms with van der Waals surface area (Å²) in [7, 11) is 0. The number of piperidine rings is 1. The summed E-state index contributed by atoms with van der Waals surface area (Å²) in [6, 6.07) is 0. The van der Waals surface area contributed by atoms with Crippen molar-refractivity contribution in [2.45, 2.75) is 39.7 Å². The molecule has 2 heterocycles. The normalized spacial score (nSPS) is 18.0. The van der Waals surface area contributed by atoms with Crippen molar-refractivity contribution in [3.8, 4) is 0 Å². The van der Waals surface area contributed by atoms with Gasteiger partial charge in [-0.2, -0.15) is 0 Å². The first-order chi connectivity index (χ1) is 11.8. The van der Waals surface area contributed by atoms with Crippen molar-refractivity contribution < 1.29 is 24.2 Å². The van der Waals surface area contributed by atoms with Gasteiger partial charge in [-0.15, -0.1) is 11.3 Å². The number of carbonyl (C=O) groups is 3. The van der Waals surface area contributed by atoms with E-state index in [0.717, 1.165) is 30.7 Å². The zero-order valence-corrected chi connectivity index (χ0v) is 15.6. The van der Waals surface area contributed by atoms with Gasteiger partial charge in [0.2, 0.25) is 5.91 Å². The number of Topliss-reactive ketones (excluding diaryl/α,β-unsaturated/α-hetero) is 1. The van der Waals surface area contributed by atoms with Gasteiger partial charge in [0.25, 0.3) is 0 Å². The van der Waals surface area contributed by atoms with Gasteiger partial charge in [-0.05, 0) is 45.7 Å². The Balaban J connectivity index is 2.16. The molecule has 7 nitrogen and oxygen atoms in total. The molecule has 1 atom stereocenters. The maximum Gasteiger partial charge on any atom is 0.341 e. The van der Waals surface area contributed by atoms with Crippen molar-refractivity contribution in [3.05, 3.63) is 16.0 Å². The summed E-state index contributed by atoms with van der Waals surface area (Å²) in [5.41, 5.74) is 0.767. The molecule has 2 N–H and O–H groups in total. The van der Waals surface area contributed by atoms with Gasteiger partial charge in [-0.25, -0.2) is 4.79 Å². The van der Waals surface area contributed by atoms with Crippen LogP contribution in [0.15, 0.2) is 0 Å². The summed E-state index contributed by atoms with van der Waals surface area (Å²) in [6.07, 6.45) is 1.18. The summed E-state index contributed by atoms with van der Waals surface area (Å²) in [4.78, 5) is 38.6. The number of amides is 1. The molecule has 1 aliphatic rings.